The third kappa shape index (κ3) is 1.82. The zero-order valence-electron chi connectivity index (χ0n) is 7.97. The average Bonchev–Trinajstić information content (AvgIpc) is 2.28. The molecule has 0 atom stereocenters. The minimum Gasteiger partial charge on any atom is -0.422 e. The van der Waals surface area contributed by atoms with Crippen molar-refractivity contribution in [2.75, 3.05) is 0 Å². The summed E-state index contributed by atoms with van der Waals surface area (Å²) in [6, 6.07) is 8.32. The highest BCUT2D eigenvalue weighted by molar-refractivity contribution is 7.78. The highest BCUT2D eigenvalue weighted by atomic mass is 32.1. The molecule has 0 aliphatic rings. The van der Waals surface area contributed by atoms with Crippen LogP contribution in [0.4, 0.5) is 0 Å². The van der Waals surface area contributed by atoms with E-state index >= 15 is 0 Å². The number of thiocarbonyl (C=S) groups is 1. The molecule has 2 rings (SSSR count). The fraction of sp³-hybridized carbons (Fsp3) is 0. The van der Waals surface area contributed by atoms with Crippen LogP contribution in [0.15, 0.2) is 44.5 Å². The molecular formula is C11H5NO3S. The standard InChI is InChI=1S/C11H5NO3S/c13-10(12-6-16)8-5-7-3-1-2-4-9(7)15-11(8)14/h1-5H. The van der Waals surface area contributed by atoms with Crippen LogP contribution in [0.5, 0.6) is 0 Å². The molecule has 4 nitrogen and oxygen atoms in total. The van der Waals surface area contributed by atoms with Crippen molar-refractivity contribution < 1.29 is 9.21 Å². The van der Waals surface area contributed by atoms with E-state index in [1.165, 1.54) is 6.07 Å². The Morgan fingerprint density at radius 2 is 2.12 bits per heavy atom. The summed E-state index contributed by atoms with van der Waals surface area (Å²) in [4.78, 5) is 26.0. The minimum atomic E-state index is -0.741. The second-order valence-corrected chi connectivity index (χ2v) is 3.18. The van der Waals surface area contributed by atoms with Crippen LogP contribution in [0.25, 0.3) is 11.0 Å². The summed E-state index contributed by atoms with van der Waals surface area (Å²) in [6.07, 6.45) is 0. The molecule has 1 aromatic carbocycles. The van der Waals surface area contributed by atoms with Crippen LogP contribution >= 0.6 is 12.2 Å². The molecule has 78 valence electrons. The van der Waals surface area contributed by atoms with Gasteiger partial charge in [-0.25, -0.2) is 4.79 Å². The Balaban J connectivity index is 2.72. The zero-order chi connectivity index (χ0) is 11.5. The zero-order valence-corrected chi connectivity index (χ0v) is 8.78. The van der Waals surface area contributed by atoms with Gasteiger partial charge in [0.1, 0.15) is 11.1 Å². The predicted octanol–water partition coefficient (Wildman–Crippen LogP) is 2.04. The molecule has 0 aliphatic heterocycles. The van der Waals surface area contributed by atoms with Gasteiger partial charge in [0.05, 0.1) is 5.16 Å². The minimum absolute atomic E-state index is 0.143. The Hall–Kier alpha value is -2.10. The summed E-state index contributed by atoms with van der Waals surface area (Å²) in [5.41, 5.74) is -0.441. The van der Waals surface area contributed by atoms with Crippen molar-refractivity contribution in [2.24, 2.45) is 4.99 Å². The summed E-state index contributed by atoms with van der Waals surface area (Å²) >= 11 is 4.30. The Bertz CT molecular complexity index is 668. The van der Waals surface area contributed by atoms with Crippen LogP contribution < -0.4 is 5.63 Å². The van der Waals surface area contributed by atoms with Gasteiger partial charge in [0.2, 0.25) is 0 Å². The van der Waals surface area contributed by atoms with Gasteiger partial charge in [-0.2, -0.15) is 4.99 Å². The number of nitrogens with zero attached hydrogens (tertiary/aromatic N) is 1. The first kappa shape index (κ1) is 10.4. The Labute approximate surface area is 95.2 Å². The van der Waals surface area contributed by atoms with Gasteiger partial charge in [-0.3, -0.25) is 4.79 Å². The maximum atomic E-state index is 11.4. The maximum Gasteiger partial charge on any atom is 0.349 e. The molecule has 2 aromatic rings. The molecule has 0 saturated carbocycles. The molecule has 0 aliphatic carbocycles. The van der Waals surface area contributed by atoms with Crippen molar-refractivity contribution in [1.29, 1.82) is 0 Å². The van der Waals surface area contributed by atoms with Gasteiger partial charge < -0.3 is 4.42 Å². The van der Waals surface area contributed by atoms with Gasteiger partial charge in [0.15, 0.2) is 0 Å². The van der Waals surface area contributed by atoms with Crippen LogP contribution in [0, 0.1) is 0 Å². The smallest absolute Gasteiger partial charge is 0.349 e. The predicted molar refractivity (Wildman–Crippen MR) is 61.8 cm³/mol. The molecule has 16 heavy (non-hydrogen) atoms. The SMILES string of the molecule is O=C(N=C=S)c1cc2ccccc2oc1=O. The number of isothiocyanates is 1. The monoisotopic (exact) mass is 231 g/mol. The van der Waals surface area contributed by atoms with E-state index in [0.717, 1.165) is 0 Å². The van der Waals surface area contributed by atoms with Crippen molar-refractivity contribution in [1.82, 2.24) is 0 Å². The fourth-order valence-electron chi connectivity index (χ4n) is 1.31. The molecule has 0 radical (unpaired) electrons. The molecule has 0 N–H and O–H groups in total. The summed E-state index contributed by atoms with van der Waals surface area (Å²) in [7, 11) is 0. The van der Waals surface area contributed by atoms with Crippen molar-refractivity contribution in [3.63, 3.8) is 0 Å². The number of hydrogen-bond donors (Lipinski definition) is 0. The van der Waals surface area contributed by atoms with Crippen molar-refractivity contribution in [3.8, 4) is 0 Å². The van der Waals surface area contributed by atoms with Crippen molar-refractivity contribution in [2.45, 2.75) is 0 Å². The molecule has 0 saturated heterocycles. The molecule has 1 aromatic heterocycles. The number of aliphatic imine (C=N–C) groups is 1. The van der Waals surface area contributed by atoms with Gasteiger partial charge >= 0.3 is 5.63 Å². The first-order valence-corrected chi connectivity index (χ1v) is 4.78. The fourth-order valence-corrected chi connectivity index (χ4v) is 1.40. The topological polar surface area (TPSA) is 59.6 Å². The number of fused-ring (bicyclic) bond motifs is 1. The molecule has 1 heterocycles. The number of carbonyl (C=O) groups excluding carboxylic acids is 1. The van der Waals surface area contributed by atoms with Crippen LogP contribution in [-0.2, 0) is 0 Å². The van der Waals surface area contributed by atoms with Gasteiger partial charge in [-0.05, 0) is 24.4 Å². The van der Waals surface area contributed by atoms with E-state index in [0.29, 0.717) is 11.0 Å². The van der Waals surface area contributed by atoms with Gasteiger partial charge in [0, 0.05) is 5.39 Å². The van der Waals surface area contributed by atoms with Crippen LogP contribution in [0.2, 0.25) is 0 Å². The number of benzene rings is 1. The summed E-state index contributed by atoms with van der Waals surface area (Å²) in [6.45, 7) is 0. The summed E-state index contributed by atoms with van der Waals surface area (Å²) in [5.74, 6) is -0.741. The molecule has 0 bridgehead atoms. The normalized spacial score (nSPS) is 9.75. The van der Waals surface area contributed by atoms with Gasteiger partial charge in [-0.1, -0.05) is 18.2 Å². The number of rotatable bonds is 1. The van der Waals surface area contributed by atoms with Crippen LogP contribution in [0.3, 0.4) is 0 Å². The van der Waals surface area contributed by atoms with E-state index in [9.17, 15) is 9.59 Å². The molecule has 1 amide bonds. The third-order valence-corrected chi connectivity index (χ3v) is 2.11. The largest absolute Gasteiger partial charge is 0.422 e. The van der Waals surface area contributed by atoms with Crippen molar-refractivity contribution >= 4 is 34.3 Å². The van der Waals surface area contributed by atoms with Gasteiger partial charge in [-0.15, -0.1) is 0 Å². The molecular weight excluding hydrogens is 226 g/mol. The van der Waals surface area contributed by atoms with E-state index in [-0.39, 0.29) is 5.56 Å². The Kier molecular flexibility index (Phi) is 2.72. The number of para-hydroxylation sites is 1. The average molecular weight is 231 g/mol. The van der Waals surface area contributed by atoms with E-state index < -0.39 is 11.5 Å². The summed E-state index contributed by atoms with van der Waals surface area (Å²) < 4.78 is 4.96. The van der Waals surface area contributed by atoms with E-state index in [4.69, 9.17) is 4.42 Å². The second kappa shape index (κ2) is 4.18. The molecule has 0 spiro atoms. The quantitative estimate of drug-likeness (QED) is 0.428. The molecule has 5 heteroatoms. The first-order valence-electron chi connectivity index (χ1n) is 4.37. The maximum absolute atomic E-state index is 11.4. The van der Waals surface area contributed by atoms with E-state index in [2.05, 4.69) is 17.2 Å². The van der Waals surface area contributed by atoms with Crippen molar-refractivity contribution in [3.05, 3.63) is 46.3 Å². The lowest BCUT2D eigenvalue weighted by Crippen LogP contribution is -2.11. The lowest BCUT2D eigenvalue weighted by atomic mass is 10.2. The highest BCUT2D eigenvalue weighted by Gasteiger charge is 2.11. The van der Waals surface area contributed by atoms with Crippen LogP contribution in [0.1, 0.15) is 10.4 Å². The van der Waals surface area contributed by atoms with Gasteiger partial charge in [0.25, 0.3) is 5.91 Å². The molecule has 0 fully saturated rings. The van der Waals surface area contributed by atoms with Crippen LogP contribution in [-0.4, -0.2) is 11.1 Å². The number of amides is 1. The van der Waals surface area contributed by atoms with E-state index in [1.807, 2.05) is 5.16 Å². The highest BCUT2D eigenvalue weighted by Crippen LogP contribution is 2.12. The second-order valence-electron chi connectivity index (χ2n) is 2.99. The summed E-state index contributed by atoms with van der Waals surface area (Å²) in [5, 5.41) is 2.58. The Morgan fingerprint density at radius 3 is 2.88 bits per heavy atom. The first-order chi connectivity index (χ1) is 7.72. The van der Waals surface area contributed by atoms with E-state index in [1.54, 1.807) is 24.3 Å². The third-order valence-electron chi connectivity index (χ3n) is 2.02. The lowest BCUT2D eigenvalue weighted by molar-refractivity contribution is 0.100. The number of carbonyl (C=O) groups is 1. The lowest BCUT2D eigenvalue weighted by Gasteiger charge is -1.97. The number of hydrogen-bond acceptors (Lipinski definition) is 4. The molecule has 0 unspecified atom stereocenters. The Morgan fingerprint density at radius 1 is 1.38 bits per heavy atom.